The van der Waals surface area contributed by atoms with E-state index in [0.717, 1.165) is 18.2 Å². The number of ether oxygens (including phenoxy) is 1. The summed E-state index contributed by atoms with van der Waals surface area (Å²) in [6.07, 6.45) is 2.94. The molecule has 0 aliphatic heterocycles. The Labute approximate surface area is 169 Å². The molecule has 0 radical (unpaired) electrons. The Balaban J connectivity index is 0.00000338. The number of hydrogen-bond donors (Lipinski definition) is 2. The summed E-state index contributed by atoms with van der Waals surface area (Å²) in [6.45, 7) is 2.29. The minimum absolute atomic E-state index is 0. The predicted octanol–water partition coefficient (Wildman–Crippen LogP) is 3.49. The van der Waals surface area contributed by atoms with Gasteiger partial charge in [-0.25, -0.2) is 8.78 Å². The van der Waals surface area contributed by atoms with Gasteiger partial charge in [0.2, 0.25) is 0 Å². The smallest absolute Gasteiger partial charge is 0.190 e. The van der Waals surface area contributed by atoms with Gasteiger partial charge < -0.3 is 19.8 Å². The van der Waals surface area contributed by atoms with Crippen molar-refractivity contribution in [3.8, 4) is 0 Å². The van der Waals surface area contributed by atoms with Crippen LogP contribution in [0, 0.1) is 11.6 Å². The highest BCUT2D eigenvalue weighted by molar-refractivity contribution is 14.0. The molecule has 0 aliphatic carbocycles. The van der Waals surface area contributed by atoms with E-state index >= 15 is 0 Å². The van der Waals surface area contributed by atoms with Crippen molar-refractivity contribution in [3.05, 3.63) is 59.6 Å². The second-order valence-electron chi connectivity index (χ2n) is 5.44. The number of aliphatic imine (C=N–C) groups is 1. The molecule has 2 N–H and O–H groups in total. The first-order chi connectivity index (χ1) is 12.2. The third kappa shape index (κ3) is 8.61. The first-order valence-corrected chi connectivity index (χ1v) is 8.17. The Bertz CT molecular complexity index is 646. The molecule has 0 unspecified atom stereocenters. The second-order valence-corrected chi connectivity index (χ2v) is 5.44. The van der Waals surface area contributed by atoms with E-state index in [-0.39, 0.29) is 24.0 Å². The Morgan fingerprint density at radius 2 is 1.88 bits per heavy atom. The van der Waals surface area contributed by atoms with Crippen LogP contribution in [0.1, 0.15) is 17.7 Å². The van der Waals surface area contributed by atoms with Crippen LogP contribution in [-0.4, -0.2) is 32.7 Å². The van der Waals surface area contributed by atoms with Crippen molar-refractivity contribution in [1.29, 1.82) is 0 Å². The summed E-state index contributed by atoms with van der Waals surface area (Å²) >= 11 is 0. The summed E-state index contributed by atoms with van der Waals surface area (Å²) in [5.41, 5.74) is 0.603. The lowest BCUT2D eigenvalue weighted by atomic mass is 10.1. The maximum atomic E-state index is 13.1. The van der Waals surface area contributed by atoms with Crippen LogP contribution in [-0.2, 0) is 17.8 Å². The third-order valence-corrected chi connectivity index (χ3v) is 3.43. The molecule has 1 heterocycles. The van der Waals surface area contributed by atoms with Crippen LogP contribution in [0.25, 0.3) is 0 Å². The Kier molecular flexibility index (Phi) is 10.9. The third-order valence-electron chi connectivity index (χ3n) is 3.43. The lowest BCUT2D eigenvalue weighted by Gasteiger charge is -2.12. The Morgan fingerprint density at radius 1 is 1.15 bits per heavy atom. The number of rotatable bonds is 9. The molecule has 2 rings (SSSR count). The monoisotopic (exact) mass is 479 g/mol. The molecule has 0 saturated heterocycles. The van der Waals surface area contributed by atoms with Gasteiger partial charge in [0.05, 0.1) is 6.26 Å². The molecule has 1 aromatic carbocycles. The van der Waals surface area contributed by atoms with Crippen molar-refractivity contribution in [3.63, 3.8) is 0 Å². The fourth-order valence-electron chi connectivity index (χ4n) is 2.25. The molecule has 0 fully saturated rings. The van der Waals surface area contributed by atoms with Crippen molar-refractivity contribution in [2.24, 2.45) is 4.99 Å². The molecule has 144 valence electrons. The average Bonchev–Trinajstić information content (AvgIpc) is 3.08. The first kappa shape index (κ1) is 22.4. The molecule has 0 spiro atoms. The highest BCUT2D eigenvalue weighted by Crippen LogP contribution is 2.08. The van der Waals surface area contributed by atoms with Crippen molar-refractivity contribution in [2.75, 3.05) is 26.7 Å². The number of furan rings is 1. The molecular formula is C18H24F2IN3O2. The van der Waals surface area contributed by atoms with Crippen LogP contribution in [0.15, 0.2) is 46.0 Å². The Morgan fingerprint density at radius 3 is 2.54 bits per heavy atom. The minimum atomic E-state index is -0.563. The van der Waals surface area contributed by atoms with Gasteiger partial charge in [-0.3, -0.25) is 4.99 Å². The quantitative estimate of drug-likeness (QED) is 0.250. The van der Waals surface area contributed by atoms with Crippen LogP contribution in [0.3, 0.4) is 0 Å². The number of nitrogens with zero attached hydrogens (tertiary/aromatic N) is 1. The maximum Gasteiger partial charge on any atom is 0.190 e. The number of nitrogens with one attached hydrogen (secondary N) is 2. The first-order valence-electron chi connectivity index (χ1n) is 8.17. The van der Waals surface area contributed by atoms with Gasteiger partial charge in [0.1, 0.15) is 24.0 Å². The summed E-state index contributed by atoms with van der Waals surface area (Å²) in [5, 5.41) is 6.27. The van der Waals surface area contributed by atoms with Gasteiger partial charge >= 0.3 is 0 Å². The summed E-state index contributed by atoms with van der Waals surface area (Å²) < 4.78 is 36.9. The molecule has 5 nitrogen and oxygen atoms in total. The van der Waals surface area contributed by atoms with Crippen LogP contribution < -0.4 is 10.6 Å². The summed E-state index contributed by atoms with van der Waals surface area (Å²) in [4.78, 5) is 4.10. The molecular weight excluding hydrogens is 455 g/mol. The molecule has 0 bridgehead atoms. The molecule has 8 heteroatoms. The molecule has 0 aliphatic rings. The van der Waals surface area contributed by atoms with E-state index in [0.29, 0.717) is 44.2 Å². The fourth-order valence-corrected chi connectivity index (χ4v) is 2.25. The zero-order chi connectivity index (χ0) is 17.9. The predicted molar refractivity (Wildman–Crippen MR) is 108 cm³/mol. The highest BCUT2D eigenvalue weighted by atomic mass is 127. The molecule has 2 aromatic rings. The van der Waals surface area contributed by atoms with Crippen LogP contribution >= 0.6 is 24.0 Å². The van der Waals surface area contributed by atoms with Crippen molar-refractivity contribution >= 4 is 29.9 Å². The van der Waals surface area contributed by atoms with Crippen LogP contribution in [0.4, 0.5) is 8.78 Å². The van der Waals surface area contributed by atoms with E-state index in [1.807, 2.05) is 12.1 Å². The van der Waals surface area contributed by atoms with Crippen molar-refractivity contribution in [2.45, 2.75) is 19.4 Å². The van der Waals surface area contributed by atoms with Crippen molar-refractivity contribution in [1.82, 2.24) is 10.6 Å². The lowest BCUT2D eigenvalue weighted by Crippen LogP contribution is -2.39. The van der Waals surface area contributed by atoms with Gasteiger partial charge in [0.15, 0.2) is 5.96 Å². The standard InChI is InChI=1S/C18H23F2N3O2.HI/c1-21-18(22-6-3-8-24-13-17-4-2-9-25-17)23-7-5-14-10-15(19)12-16(20)11-14;/h2,4,9-12H,3,5-8,13H2,1H3,(H2,21,22,23);1H. The van der Waals surface area contributed by atoms with Gasteiger partial charge in [-0.2, -0.15) is 0 Å². The molecule has 0 atom stereocenters. The van der Waals surface area contributed by atoms with E-state index < -0.39 is 11.6 Å². The zero-order valence-electron chi connectivity index (χ0n) is 14.6. The molecule has 0 saturated carbocycles. The fraction of sp³-hybridized carbons (Fsp3) is 0.389. The van der Waals surface area contributed by atoms with Gasteiger partial charge in [-0.05, 0) is 42.7 Å². The van der Waals surface area contributed by atoms with E-state index in [1.165, 1.54) is 12.1 Å². The van der Waals surface area contributed by atoms with Crippen molar-refractivity contribution < 1.29 is 17.9 Å². The maximum absolute atomic E-state index is 13.1. The molecule has 0 amide bonds. The lowest BCUT2D eigenvalue weighted by molar-refractivity contribution is 0.105. The minimum Gasteiger partial charge on any atom is -0.467 e. The average molecular weight is 479 g/mol. The van der Waals surface area contributed by atoms with Crippen LogP contribution in [0.2, 0.25) is 0 Å². The summed E-state index contributed by atoms with van der Waals surface area (Å²) in [6, 6.07) is 7.22. The van der Waals surface area contributed by atoms with Gasteiger partial charge in [-0.1, -0.05) is 0 Å². The normalized spacial score (nSPS) is 11.1. The van der Waals surface area contributed by atoms with Crippen LogP contribution in [0.5, 0.6) is 0 Å². The SMILES string of the molecule is CN=C(NCCCOCc1ccco1)NCCc1cc(F)cc(F)c1.I. The number of hydrogen-bond acceptors (Lipinski definition) is 3. The highest BCUT2D eigenvalue weighted by Gasteiger charge is 2.02. The van der Waals surface area contributed by atoms with Gasteiger partial charge in [0.25, 0.3) is 0 Å². The second kappa shape index (κ2) is 12.6. The van der Waals surface area contributed by atoms with E-state index in [9.17, 15) is 8.78 Å². The summed E-state index contributed by atoms with van der Waals surface area (Å²) in [7, 11) is 1.67. The number of benzene rings is 1. The van der Waals surface area contributed by atoms with Gasteiger partial charge in [-0.15, -0.1) is 24.0 Å². The van der Waals surface area contributed by atoms with E-state index in [4.69, 9.17) is 9.15 Å². The molecule has 1 aromatic heterocycles. The van der Waals surface area contributed by atoms with Gasteiger partial charge in [0, 0.05) is 32.8 Å². The van der Waals surface area contributed by atoms with E-state index in [1.54, 1.807) is 13.3 Å². The number of guanidine groups is 1. The Hall–Kier alpha value is -1.68. The topological polar surface area (TPSA) is 58.8 Å². The zero-order valence-corrected chi connectivity index (χ0v) is 17.0. The number of halogens is 3. The summed E-state index contributed by atoms with van der Waals surface area (Å²) in [5.74, 6) is 0.321. The van der Waals surface area contributed by atoms with E-state index in [2.05, 4.69) is 15.6 Å². The largest absolute Gasteiger partial charge is 0.467 e. The molecule has 26 heavy (non-hydrogen) atoms.